The van der Waals surface area contributed by atoms with Gasteiger partial charge in [0.25, 0.3) is 0 Å². The van der Waals surface area contributed by atoms with Crippen molar-refractivity contribution in [1.82, 2.24) is 0 Å². The number of rotatable bonds is 5. The second-order valence-electron chi connectivity index (χ2n) is 7.45. The van der Waals surface area contributed by atoms with E-state index in [9.17, 15) is 23.1 Å². The molecule has 4 aromatic rings. The molecule has 32 heavy (non-hydrogen) atoms. The Balaban J connectivity index is 1.75. The summed E-state index contributed by atoms with van der Waals surface area (Å²) in [5.74, 6) is -1.27. The van der Waals surface area contributed by atoms with Crippen molar-refractivity contribution in [2.24, 2.45) is 0 Å². The molecule has 0 spiro atoms. The molecule has 0 atom stereocenters. The Hall–Kier alpha value is -3.80. The second-order valence-corrected chi connectivity index (χ2v) is 7.45. The standard InChI is InChI=1S/C26H20F3NO2/c1-2-30-22-5-3-4-18(13-22)16-6-8-17(9-7-16)20-12-19-10-11-21(26(27,28)29)15-23(19)24(14-20)25(31)32/h3-15,30H,2H2,1H3,(H,31,32). The highest BCUT2D eigenvalue weighted by Crippen LogP contribution is 2.35. The van der Waals surface area contributed by atoms with Crippen molar-refractivity contribution < 1.29 is 23.1 Å². The molecule has 0 saturated carbocycles. The summed E-state index contributed by atoms with van der Waals surface area (Å²) in [6.45, 7) is 2.85. The molecular weight excluding hydrogens is 415 g/mol. The highest BCUT2D eigenvalue weighted by Gasteiger charge is 2.31. The number of alkyl halides is 3. The van der Waals surface area contributed by atoms with Crippen LogP contribution in [0.3, 0.4) is 0 Å². The number of carboxylic acid groups (broad SMARTS) is 1. The molecule has 6 heteroatoms. The van der Waals surface area contributed by atoms with Gasteiger partial charge in [0.05, 0.1) is 11.1 Å². The molecule has 162 valence electrons. The first kappa shape index (κ1) is 21.4. The second kappa shape index (κ2) is 8.38. The molecule has 0 bridgehead atoms. The lowest BCUT2D eigenvalue weighted by atomic mass is 9.94. The molecule has 0 aliphatic rings. The Bertz CT molecular complexity index is 1290. The van der Waals surface area contributed by atoms with Crippen LogP contribution < -0.4 is 5.32 Å². The number of hydrogen-bond acceptors (Lipinski definition) is 2. The Morgan fingerprint density at radius 2 is 1.53 bits per heavy atom. The van der Waals surface area contributed by atoms with Gasteiger partial charge in [-0.15, -0.1) is 0 Å². The third-order valence-corrected chi connectivity index (χ3v) is 5.31. The van der Waals surface area contributed by atoms with Gasteiger partial charge in [-0.25, -0.2) is 4.79 Å². The molecule has 0 radical (unpaired) electrons. The van der Waals surface area contributed by atoms with E-state index < -0.39 is 17.7 Å². The van der Waals surface area contributed by atoms with Crippen LogP contribution in [0.5, 0.6) is 0 Å². The third-order valence-electron chi connectivity index (χ3n) is 5.31. The van der Waals surface area contributed by atoms with E-state index in [1.54, 1.807) is 6.07 Å². The van der Waals surface area contributed by atoms with Gasteiger partial charge >= 0.3 is 12.1 Å². The SMILES string of the molecule is CCNc1cccc(-c2ccc(-c3cc(C(=O)O)c4cc(C(F)(F)F)ccc4c3)cc2)c1. The number of hydrogen-bond donors (Lipinski definition) is 2. The number of halogens is 3. The smallest absolute Gasteiger partial charge is 0.416 e. The minimum absolute atomic E-state index is 0.0629. The molecule has 0 unspecified atom stereocenters. The number of carbonyl (C=O) groups is 1. The van der Waals surface area contributed by atoms with Crippen LogP contribution in [-0.4, -0.2) is 17.6 Å². The predicted octanol–water partition coefficient (Wildman–Crippen LogP) is 7.32. The lowest BCUT2D eigenvalue weighted by molar-refractivity contribution is -0.137. The van der Waals surface area contributed by atoms with Crippen LogP contribution in [-0.2, 0) is 6.18 Å². The molecule has 0 aromatic heterocycles. The largest absolute Gasteiger partial charge is 0.478 e. The van der Waals surface area contributed by atoms with Crippen LogP contribution in [0.1, 0.15) is 22.8 Å². The van der Waals surface area contributed by atoms with Crippen molar-refractivity contribution >= 4 is 22.4 Å². The lowest BCUT2D eigenvalue weighted by Gasteiger charge is -2.12. The number of fused-ring (bicyclic) bond motifs is 1. The summed E-state index contributed by atoms with van der Waals surface area (Å²) in [4.78, 5) is 11.8. The number of aromatic carboxylic acids is 1. The summed E-state index contributed by atoms with van der Waals surface area (Å²) in [6, 6.07) is 22.0. The molecule has 0 saturated heterocycles. The van der Waals surface area contributed by atoms with E-state index >= 15 is 0 Å². The minimum Gasteiger partial charge on any atom is -0.478 e. The highest BCUT2D eigenvalue weighted by atomic mass is 19.4. The van der Waals surface area contributed by atoms with Crippen LogP contribution in [0, 0.1) is 0 Å². The van der Waals surface area contributed by atoms with Gasteiger partial charge in [-0.05, 0) is 76.3 Å². The van der Waals surface area contributed by atoms with Crippen molar-refractivity contribution in [2.75, 3.05) is 11.9 Å². The van der Waals surface area contributed by atoms with Gasteiger partial charge in [0.1, 0.15) is 0 Å². The van der Waals surface area contributed by atoms with E-state index in [4.69, 9.17) is 0 Å². The molecular formula is C26H20F3NO2. The monoisotopic (exact) mass is 435 g/mol. The molecule has 0 fully saturated rings. The molecule has 4 aromatic carbocycles. The average molecular weight is 435 g/mol. The van der Waals surface area contributed by atoms with Gasteiger partial charge < -0.3 is 10.4 Å². The van der Waals surface area contributed by atoms with Gasteiger partial charge in [-0.2, -0.15) is 13.2 Å². The summed E-state index contributed by atoms with van der Waals surface area (Å²) in [5, 5.41) is 13.4. The number of carboxylic acids is 1. The van der Waals surface area contributed by atoms with E-state index in [1.807, 2.05) is 49.4 Å². The van der Waals surface area contributed by atoms with Crippen molar-refractivity contribution in [1.29, 1.82) is 0 Å². The molecule has 0 heterocycles. The van der Waals surface area contributed by atoms with Crippen LogP contribution >= 0.6 is 0 Å². The molecule has 3 nitrogen and oxygen atoms in total. The van der Waals surface area contributed by atoms with E-state index in [-0.39, 0.29) is 10.9 Å². The third kappa shape index (κ3) is 4.30. The van der Waals surface area contributed by atoms with E-state index in [0.29, 0.717) is 10.9 Å². The first-order chi connectivity index (χ1) is 15.3. The normalized spacial score (nSPS) is 11.5. The minimum atomic E-state index is -4.54. The molecule has 0 aliphatic heterocycles. The quantitative estimate of drug-likeness (QED) is 0.345. The summed E-state index contributed by atoms with van der Waals surface area (Å²) >= 11 is 0. The Kier molecular flexibility index (Phi) is 5.61. The van der Waals surface area contributed by atoms with Gasteiger partial charge in [-0.3, -0.25) is 0 Å². The lowest BCUT2D eigenvalue weighted by Crippen LogP contribution is -2.06. The van der Waals surface area contributed by atoms with Crippen molar-refractivity contribution in [3.8, 4) is 22.3 Å². The zero-order valence-electron chi connectivity index (χ0n) is 17.2. The maximum Gasteiger partial charge on any atom is 0.416 e. The van der Waals surface area contributed by atoms with Gasteiger partial charge in [0, 0.05) is 12.2 Å². The number of nitrogens with one attached hydrogen (secondary N) is 1. The van der Waals surface area contributed by atoms with Gasteiger partial charge in [0.2, 0.25) is 0 Å². The zero-order chi connectivity index (χ0) is 22.9. The van der Waals surface area contributed by atoms with Crippen LogP contribution in [0.4, 0.5) is 18.9 Å². The summed E-state index contributed by atoms with van der Waals surface area (Å²) in [6.07, 6.45) is -4.54. The fourth-order valence-corrected chi connectivity index (χ4v) is 3.75. The fourth-order valence-electron chi connectivity index (χ4n) is 3.75. The van der Waals surface area contributed by atoms with Gasteiger partial charge in [-0.1, -0.05) is 42.5 Å². The number of anilines is 1. The Labute approximate surface area is 183 Å². The van der Waals surface area contributed by atoms with Gasteiger partial charge in [0.15, 0.2) is 0 Å². The topological polar surface area (TPSA) is 49.3 Å². The summed E-state index contributed by atoms with van der Waals surface area (Å²) < 4.78 is 39.3. The zero-order valence-corrected chi connectivity index (χ0v) is 17.2. The summed E-state index contributed by atoms with van der Waals surface area (Å²) in [5.41, 5.74) is 3.44. The van der Waals surface area contributed by atoms with Crippen molar-refractivity contribution in [2.45, 2.75) is 13.1 Å². The molecule has 0 aliphatic carbocycles. The maximum absolute atomic E-state index is 13.1. The van der Waals surface area contributed by atoms with Crippen LogP contribution in [0.2, 0.25) is 0 Å². The maximum atomic E-state index is 13.1. The Morgan fingerprint density at radius 3 is 2.16 bits per heavy atom. The first-order valence-electron chi connectivity index (χ1n) is 10.1. The molecule has 2 N–H and O–H groups in total. The highest BCUT2D eigenvalue weighted by molar-refractivity contribution is 6.06. The molecule has 4 rings (SSSR count). The van der Waals surface area contributed by atoms with E-state index in [2.05, 4.69) is 11.4 Å². The van der Waals surface area contributed by atoms with E-state index in [0.717, 1.165) is 41.1 Å². The van der Waals surface area contributed by atoms with E-state index in [1.165, 1.54) is 12.1 Å². The van der Waals surface area contributed by atoms with Crippen molar-refractivity contribution in [3.63, 3.8) is 0 Å². The van der Waals surface area contributed by atoms with Crippen LogP contribution in [0.15, 0.2) is 78.9 Å². The summed E-state index contributed by atoms with van der Waals surface area (Å²) in [7, 11) is 0. The van der Waals surface area contributed by atoms with Crippen molar-refractivity contribution in [3.05, 3.63) is 90.0 Å². The fraction of sp³-hybridized carbons (Fsp3) is 0.115. The predicted molar refractivity (Wildman–Crippen MR) is 121 cm³/mol. The molecule has 0 amide bonds. The Morgan fingerprint density at radius 1 is 0.844 bits per heavy atom. The average Bonchev–Trinajstić information content (AvgIpc) is 2.78. The first-order valence-corrected chi connectivity index (χ1v) is 10.1. The van der Waals surface area contributed by atoms with Crippen LogP contribution in [0.25, 0.3) is 33.0 Å². The number of benzene rings is 4.